The predicted octanol–water partition coefficient (Wildman–Crippen LogP) is 4.06. The number of hydrogen-bond acceptors (Lipinski definition) is 2. The highest BCUT2D eigenvalue weighted by Gasteiger charge is 2.60. The van der Waals surface area contributed by atoms with E-state index in [1.54, 1.807) is 6.92 Å². The second-order valence-electron chi connectivity index (χ2n) is 4.05. The van der Waals surface area contributed by atoms with Crippen molar-refractivity contribution < 1.29 is 30.8 Å². The molecule has 110 valence electrons. The Balaban J connectivity index is 3.11. The minimum atomic E-state index is -5.39. The molecule has 1 atom stereocenters. The Bertz CT molecular complexity index is 356. The Labute approximate surface area is 105 Å². The summed E-state index contributed by atoms with van der Waals surface area (Å²) in [6.07, 6.45) is -8.43. The number of nitrogens with one attached hydrogen (secondary N) is 1. The molecule has 0 radical (unpaired) electrons. The molecular weight excluding hydrogens is 276 g/mol. The number of hydrogen-bond donors (Lipinski definition) is 1. The minimum Gasteiger partial charge on any atom is -0.472 e. The van der Waals surface area contributed by atoms with Crippen molar-refractivity contribution in [1.29, 1.82) is 0 Å². The molecule has 0 saturated heterocycles. The first kappa shape index (κ1) is 15.9. The van der Waals surface area contributed by atoms with Crippen molar-refractivity contribution in [2.75, 3.05) is 6.54 Å². The van der Waals surface area contributed by atoms with Gasteiger partial charge in [-0.2, -0.15) is 26.3 Å². The maximum Gasteiger partial charge on any atom is 0.402 e. The molecule has 0 aliphatic rings. The Morgan fingerprint density at radius 1 is 1.16 bits per heavy atom. The lowest BCUT2D eigenvalue weighted by molar-refractivity contribution is -0.292. The van der Waals surface area contributed by atoms with Gasteiger partial charge in [0.2, 0.25) is 0 Å². The first-order valence-electron chi connectivity index (χ1n) is 5.56. The van der Waals surface area contributed by atoms with E-state index in [9.17, 15) is 26.3 Å². The van der Waals surface area contributed by atoms with Crippen LogP contribution in [0.4, 0.5) is 26.3 Å². The van der Waals surface area contributed by atoms with Crippen LogP contribution in [0.25, 0.3) is 0 Å². The van der Waals surface area contributed by atoms with Crippen molar-refractivity contribution >= 4 is 0 Å². The molecule has 0 amide bonds. The van der Waals surface area contributed by atoms with E-state index in [1.807, 2.05) is 0 Å². The first-order chi connectivity index (χ1) is 8.68. The van der Waals surface area contributed by atoms with Gasteiger partial charge in [0.05, 0.1) is 18.6 Å². The Morgan fingerprint density at radius 3 is 2.11 bits per heavy atom. The molecule has 0 bridgehead atoms. The van der Waals surface area contributed by atoms with Crippen LogP contribution in [-0.2, 0) is 0 Å². The van der Waals surface area contributed by atoms with Crippen molar-refractivity contribution in [3.05, 3.63) is 24.2 Å². The van der Waals surface area contributed by atoms with E-state index < -0.39 is 24.3 Å². The molecule has 1 rings (SSSR count). The molecule has 0 saturated carbocycles. The van der Waals surface area contributed by atoms with Crippen LogP contribution in [-0.4, -0.2) is 18.9 Å². The van der Waals surface area contributed by atoms with Crippen molar-refractivity contribution in [3.63, 3.8) is 0 Å². The van der Waals surface area contributed by atoms with E-state index in [1.165, 1.54) is 0 Å². The van der Waals surface area contributed by atoms with Crippen LogP contribution in [0.15, 0.2) is 23.0 Å². The maximum atomic E-state index is 12.7. The number of alkyl halides is 6. The highest BCUT2D eigenvalue weighted by Crippen LogP contribution is 2.46. The molecule has 1 aromatic heterocycles. The lowest BCUT2D eigenvalue weighted by atomic mass is 9.93. The van der Waals surface area contributed by atoms with E-state index >= 15 is 0 Å². The first-order valence-corrected chi connectivity index (χ1v) is 5.56. The van der Waals surface area contributed by atoms with Crippen LogP contribution >= 0.6 is 0 Å². The molecule has 1 aromatic rings. The van der Waals surface area contributed by atoms with Crippen LogP contribution in [0.1, 0.15) is 24.9 Å². The fourth-order valence-corrected chi connectivity index (χ4v) is 1.74. The summed E-state index contributed by atoms with van der Waals surface area (Å²) in [5.41, 5.74) is -0.173. The minimum absolute atomic E-state index is 0.0402. The summed E-state index contributed by atoms with van der Waals surface area (Å²) < 4.78 is 80.7. The normalized spacial score (nSPS) is 14.9. The lowest BCUT2D eigenvalue weighted by Gasteiger charge is -2.30. The maximum absolute atomic E-state index is 12.7. The van der Waals surface area contributed by atoms with E-state index in [2.05, 4.69) is 9.73 Å². The summed E-state index contributed by atoms with van der Waals surface area (Å²) in [4.78, 5) is 0. The number of rotatable bonds is 5. The lowest BCUT2D eigenvalue weighted by Crippen LogP contribution is -2.46. The van der Waals surface area contributed by atoms with E-state index in [4.69, 9.17) is 0 Å². The van der Waals surface area contributed by atoms with E-state index in [0.29, 0.717) is 6.42 Å². The molecule has 0 spiro atoms. The molecule has 0 aromatic carbocycles. The van der Waals surface area contributed by atoms with Gasteiger partial charge in [0, 0.05) is 5.56 Å². The van der Waals surface area contributed by atoms with Crippen LogP contribution < -0.4 is 5.32 Å². The summed E-state index contributed by atoms with van der Waals surface area (Å²) in [6, 6.07) is -0.809. The van der Waals surface area contributed by atoms with E-state index in [-0.39, 0.29) is 12.1 Å². The average molecular weight is 289 g/mol. The second kappa shape index (κ2) is 5.85. The third-order valence-corrected chi connectivity index (χ3v) is 2.56. The molecule has 8 heteroatoms. The van der Waals surface area contributed by atoms with Crippen molar-refractivity contribution in [2.45, 2.75) is 31.7 Å². The van der Waals surface area contributed by atoms with Crippen LogP contribution in [0.2, 0.25) is 0 Å². The van der Waals surface area contributed by atoms with Crippen LogP contribution in [0.5, 0.6) is 0 Å². The van der Waals surface area contributed by atoms with Crippen molar-refractivity contribution in [2.24, 2.45) is 5.92 Å². The van der Waals surface area contributed by atoms with Crippen LogP contribution in [0.3, 0.4) is 0 Å². The molecule has 1 unspecified atom stereocenters. The van der Waals surface area contributed by atoms with Gasteiger partial charge in [0.25, 0.3) is 0 Å². The third-order valence-electron chi connectivity index (χ3n) is 2.56. The van der Waals surface area contributed by atoms with Gasteiger partial charge in [-0.3, -0.25) is 0 Å². The van der Waals surface area contributed by atoms with Crippen molar-refractivity contribution in [1.82, 2.24) is 5.32 Å². The van der Waals surface area contributed by atoms with Gasteiger partial charge in [0.15, 0.2) is 5.92 Å². The smallest absolute Gasteiger partial charge is 0.402 e. The topological polar surface area (TPSA) is 25.2 Å². The summed E-state index contributed by atoms with van der Waals surface area (Å²) in [6.45, 7) is 1.69. The SMILES string of the molecule is CCCNC(c1ccoc1)C(C(F)(F)F)C(F)(F)F. The molecule has 1 heterocycles. The summed E-state index contributed by atoms with van der Waals surface area (Å²) in [7, 11) is 0. The molecule has 0 aliphatic carbocycles. The fourth-order valence-electron chi connectivity index (χ4n) is 1.74. The van der Waals surface area contributed by atoms with Crippen molar-refractivity contribution in [3.8, 4) is 0 Å². The Morgan fingerprint density at radius 2 is 1.74 bits per heavy atom. The van der Waals surface area contributed by atoms with Gasteiger partial charge in [-0.15, -0.1) is 0 Å². The zero-order valence-electron chi connectivity index (χ0n) is 9.98. The van der Waals surface area contributed by atoms with E-state index in [0.717, 1.165) is 18.6 Å². The zero-order valence-corrected chi connectivity index (χ0v) is 9.98. The second-order valence-corrected chi connectivity index (χ2v) is 4.05. The van der Waals surface area contributed by atoms with Crippen LogP contribution in [0, 0.1) is 5.92 Å². The quantitative estimate of drug-likeness (QED) is 0.827. The Hall–Kier alpha value is -1.18. The largest absolute Gasteiger partial charge is 0.472 e. The molecule has 19 heavy (non-hydrogen) atoms. The molecular formula is C11H13F6NO. The fraction of sp³-hybridized carbons (Fsp3) is 0.636. The van der Waals surface area contributed by atoms with Gasteiger partial charge >= 0.3 is 12.4 Å². The molecule has 1 N–H and O–H groups in total. The van der Waals surface area contributed by atoms with Gasteiger partial charge in [-0.05, 0) is 19.0 Å². The monoisotopic (exact) mass is 289 g/mol. The average Bonchev–Trinajstić information content (AvgIpc) is 2.73. The predicted molar refractivity (Wildman–Crippen MR) is 55.3 cm³/mol. The highest BCUT2D eigenvalue weighted by atomic mass is 19.4. The van der Waals surface area contributed by atoms with Gasteiger partial charge in [-0.1, -0.05) is 6.92 Å². The Kier molecular flexibility index (Phi) is 4.89. The van der Waals surface area contributed by atoms with Gasteiger partial charge in [-0.25, -0.2) is 0 Å². The summed E-state index contributed by atoms with van der Waals surface area (Å²) in [5.74, 6) is -3.47. The summed E-state index contributed by atoms with van der Waals surface area (Å²) >= 11 is 0. The summed E-state index contributed by atoms with van der Waals surface area (Å²) in [5, 5.41) is 2.28. The van der Waals surface area contributed by atoms with Gasteiger partial charge in [0.1, 0.15) is 0 Å². The number of halogens is 6. The third kappa shape index (κ3) is 4.15. The molecule has 0 aliphatic heterocycles. The number of furan rings is 1. The zero-order chi connectivity index (χ0) is 14.7. The molecule has 0 fully saturated rings. The highest BCUT2D eigenvalue weighted by molar-refractivity contribution is 5.14. The molecule has 2 nitrogen and oxygen atoms in total. The van der Waals surface area contributed by atoms with Gasteiger partial charge < -0.3 is 9.73 Å². The standard InChI is InChI=1S/C11H13F6NO/c1-2-4-18-8(7-3-5-19-6-7)9(10(12,13)14)11(15,16)17/h3,5-6,8-9,18H,2,4H2,1H3.